The van der Waals surface area contributed by atoms with E-state index >= 15 is 4.39 Å². The van der Waals surface area contributed by atoms with Crippen molar-refractivity contribution in [3.63, 3.8) is 0 Å². The topological polar surface area (TPSA) is 98.1 Å². The second kappa shape index (κ2) is 10.2. The van der Waals surface area contributed by atoms with Crippen molar-refractivity contribution in [1.29, 1.82) is 0 Å². The predicted molar refractivity (Wildman–Crippen MR) is 147 cm³/mol. The van der Waals surface area contributed by atoms with Crippen LogP contribution in [0.5, 0.6) is 11.5 Å². The second-order valence-corrected chi connectivity index (χ2v) is 12.0. The van der Waals surface area contributed by atoms with E-state index in [-0.39, 0.29) is 28.9 Å². The summed E-state index contributed by atoms with van der Waals surface area (Å²) >= 11 is 0. The molecule has 2 N–H and O–H groups in total. The fourth-order valence-corrected chi connectivity index (χ4v) is 5.13. The molecule has 2 aromatic heterocycles. The summed E-state index contributed by atoms with van der Waals surface area (Å²) in [6.45, 7) is 7.79. The van der Waals surface area contributed by atoms with Gasteiger partial charge in [-0.15, -0.1) is 0 Å². The molecular weight excluding hydrogens is 505 g/mol. The minimum Gasteiger partial charge on any atom is -0.453 e. The number of carbonyl (C=O) groups is 1. The number of carbonyl (C=O) groups excluding carboxylic acids is 1. The number of nitrogens with zero attached hydrogens (tertiary/aromatic N) is 3. The highest BCUT2D eigenvalue weighted by Gasteiger charge is 2.28. The Morgan fingerprint density at radius 3 is 2.66 bits per heavy atom. The first-order valence-corrected chi connectivity index (χ1v) is 13.7. The van der Waals surface area contributed by atoms with Gasteiger partial charge in [0.25, 0.3) is 0 Å². The molecule has 1 fully saturated rings. The van der Waals surface area contributed by atoms with E-state index < -0.39 is 16.8 Å². The van der Waals surface area contributed by atoms with E-state index in [0.29, 0.717) is 39.2 Å². The molecule has 0 saturated heterocycles. The Hall–Kier alpha value is -3.79. The Balaban J connectivity index is 1.32. The number of amides is 1. The van der Waals surface area contributed by atoms with Gasteiger partial charge in [0.05, 0.1) is 34.6 Å². The van der Waals surface area contributed by atoms with Crippen LogP contribution in [0.25, 0.3) is 10.9 Å². The van der Waals surface area contributed by atoms with Crippen molar-refractivity contribution in [3.8, 4) is 11.5 Å². The molecule has 5 rings (SSSR count). The molecule has 198 valence electrons. The van der Waals surface area contributed by atoms with Gasteiger partial charge in [0.2, 0.25) is 5.91 Å². The van der Waals surface area contributed by atoms with Crippen molar-refractivity contribution < 1.29 is 18.1 Å². The maximum absolute atomic E-state index is 15.2. The van der Waals surface area contributed by atoms with Crippen LogP contribution in [0.2, 0.25) is 0 Å². The Morgan fingerprint density at radius 1 is 1.18 bits per heavy atom. The summed E-state index contributed by atoms with van der Waals surface area (Å²) in [6.07, 6.45) is 6.88. The molecule has 2 aromatic carbocycles. The van der Waals surface area contributed by atoms with Crippen molar-refractivity contribution >= 4 is 39.2 Å². The lowest BCUT2D eigenvalue weighted by Crippen LogP contribution is -2.22. The minimum atomic E-state index is -1.14. The fraction of sp³-hybridized carbons (Fsp3) is 0.321. The predicted octanol–water partition coefficient (Wildman–Crippen LogP) is 5.85. The monoisotopic (exact) mass is 535 g/mol. The number of benzene rings is 2. The van der Waals surface area contributed by atoms with E-state index in [1.165, 1.54) is 6.07 Å². The molecule has 1 saturated carbocycles. The van der Waals surface area contributed by atoms with Crippen molar-refractivity contribution in [1.82, 2.24) is 14.8 Å². The number of aryl methyl sites for hydroxylation is 1. The zero-order chi connectivity index (χ0) is 27.0. The smallest absolute Gasteiger partial charge is 0.228 e. The minimum absolute atomic E-state index is 0.00406. The number of anilines is 2. The Kier molecular flexibility index (Phi) is 6.92. The Morgan fingerprint density at radius 2 is 1.97 bits per heavy atom. The molecule has 1 atom stereocenters. The molecule has 0 radical (unpaired) electrons. The highest BCUT2D eigenvalue weighted by molar-refractivity contribution is 7.87. The third kappa shape index (κ3) is 5.85. The zero-order valence-electron chi connectivity index (χ0n) is 21.7. The highest BCUT2D eigenvalue weighted by atomic mass is 32.2. The van der Waals surface area contributed by atoms with Gasteiger partial charge in [0, 0.05) is 23.5 Å². The van der Waals surface area contributed by atoms with Crippen LogP contribution in [0.15, 0.2) is 55.0 Å². The number of nitrogens with one attached hydrogen (secondary N) is 2. The summed E-state index contributed by atoms with van der Waals surface area (Å²) in [6, 6.07) is 10.2. The summed E-state index contributed by atoms with van der Waals surface area (Å²) in [5, 5.41) is 7.95. The maximum Gasteiger partial charge on any atom is 0.228 e. The molecule has 10 heteroatoms. The lowest BCUT2D eigenvalue weighted by atomic mass is 10.1. The number of halogens is 1. The fourth-order valence-electron chi connectivity index (χ4n) is 4.04. The van der Waals surface area contributed by atoms with Gasteiger partial charge in [-0.2, -0.15) is 5.10 Å². The summed E-state index contributed by atoms with van der Waals surface area (Å²) in [5.41, 5.74) is 2.83. The molecular formula is C28H30FN5O3S. The molecule has 1 aliphatic carbocycles. The maximum atomic E-state index is 15.2. The quantitative estimate of drug-likeness (QED) is 0.295. The lowest BCUT2D eigenvalue weighted by Gasteiger charge is -2.18. The molecule has 1 amide bonds. The Bertz CT molecular complexity index is 1520. The molecule has 0 spiro atoms. The van der Waals surface area contributed by atoms with Gasteiger partial charge < -0.3 is 14.8 Å². The van der Waals surface area contributed by atoms with Gasteiger partial charge >= 0.3 is 0 Å². The van der Waals surface area contributed by atoms with Crippen molar-refractivity contribution in [2.24, 2.45) is 0 Å². The summed E-state index contributed by atoms with van der Waals surface area (Å²) in [4.78, 5) is 17.0. The Labute approximate surface area is 223 Å². The largest absolute Gasteiger partial charge is 0.453 e. The van der Waals surface area contributed by atoms with Gasteiger partial charge in [0.15, 0.2) is 11.6 Å². The first-order valence-electron chi connectivity index (χ1n) is 12.4. The van der Waals surface area contributed by atoms with Gasteiger partial charge in [-0.05, 0) is 82.0 Å². The molecule has 1 unspecified atom stereocenters. The van der Waals surface area contributed by atoms with Crippen LogP contribution in [0, 0.1) is 12.7 Å². The average molecular weight is 536 g/mol. The summed E-state index contributed by atoms with van der Waals surface area (Å²) in [5.74, 6) is -0.329. The van der Waals surface area contributed by atoms with Crippen molar-refractivity contribution in [2.45, 2.75) is 57.7 Å². The number of ether oxygens (including phenoxy) is 1. The van der Waals surface area contributed by atoms with Crippen LogP contribution in [-0.4, -0.2) is 30.1 Å². The normalized spacial score (nSPS) is 14.3. The van der Waals surface area contributed by atoms with E-state index in [9.17, 15) is 9.00 Å². The van der Waals surface area contributed by atoms with Crippen molar-refractivity contribution in [3.05, 3.63) is 71.9 Å². The van der Waals surface area contributed by atoms with E-state index in [1.807, 2.05) is 39.0 Å². The molecule has 38 heavy (non-hydrogen) atoms. The number of pyridine rings is 1. The van der Waals surface area contributed by atoms with E-state index in [4.69, 9.17) is 4.74 Å². The first kappa shape index (κ1) is 25.8. The average Bonchev–Trinajstić information content (AvgIpc) is 3.59. The molecule has 2 heterocycles. The van der Waals surface area contributed by atoms with Crippen molar-refractivity contribution in [2.75, 3.05) is 10.0 Å². The second-order valence-electron chi connectivity index (χ2n) is 10.5. The van der Waals surface area contributed by atoms with Crippen LogP contribution in [-0.2, 0) is 27.7 Å². The van der Waals surface area contributed by atoms with Crippen LogP contribution in [0.3, 0.4) is 0 Å². The van der Waals surface area contributed by atoms with E-state index in [0.717, 1.165) is 12.8 Å². The number of fused-ring (bicyclic) bond motifs is 1. The van der Waals surface area contributed by atoms with E-state index in [2.05, 4.69) is 20.1 Å². The first-order chi connectivity index (χ1) is 18.1. The lowest BCUT2D eigenvalue weighted by molar-refractivity contribution is -0.115. The SMILES string of the molecule is Cc1cc(CC(=O)Nc2cnn(C(C)(C)C)c2)cc(F)c1Oc1ccnc2ccc(NS(=O)C3CC3)cc12. The summed E-state index contributed by atoms with van der Waals surface area (Å²) < 4.78 is 38.4. The van der Waals surface area contributed by atoms with Gasteiger partial charge in [-0.3, -0.25) is 14.5 Å². The molecule has 8 nitrogen and oxygen atoms in total. The van der Waals surface area contributed by atoms with Crippen LogP contribution >= 0.6 is 0 Å². The van der Waals surface area contributed by atoms with Crippen LogP contribution in [0.4, 0.5) is 15.8 Å². The standard InChI is InChI=1S/C28H30FN5O3S/c1-17-11-18(13-26(35)32-20-15-31-34(16-20)28(2,3)4)12-23(29)27(17)37-25-9-10-30-24-8-5-19(14-22(24)25)33-38(36)21-6-7-21/h5,8-12,14-16,21,33H,6-7,13H2,1-4H3,(H,32,35). The molecule has 0 bridgehead atoms. The van der Waals surface area contributed by atoms with Gasteiger partial charge in [0.1, 0.15) is 16.7 Å². The number of hydrogen-bond donors (Lipinski definition) is 2. The van der Waals surface area contributed by atoms with Crippen LogP contribution in [0.1, 0.15) is 44.7 Å². The van der Waals surface area contributed by atoms with E-state index in [1.54, 1.807) is 42.3 Å². The number of aromatic nitrogens is 3. The zero-order valence-corrected chi connectivity index (χ0v) is 22.6. The van der Waals surface area contributed by atoms with Gasteiger partial charge in [-0.25, -0.2) is 8.60 Å². The number of hydrogen-bond acceptors (Lipinski definition) is 5. The third-order valence-electron chi connectivity index (χ3n) is 6.17. The third-order valence-corrected chi connectivity index (χ3v) is 7.68. The molecule has 4 aromatic rings. The molecule has 1 aliphatic rings. The number of rotatable bonds is 8. The van der Waals surface area contributed by atoms with Gasteiger partial charge in [-0.1, -0.05) is 6.07 Å². The van der Waals surface area contributed by atoms with Crippen LogP contribution < -0.4 is 14.8 Å². The summed E-state index contributed by atoms with van der Waals surface area (Å²) in [7, 11) is -1.14. The molecule has 0 aliphatic heterocycles. The highest BCUT2D eigenvalue weighted by Crippen LogP contribution is 2.35.